The van der Waals surface area contributed by atoms with Gasteiger partial charge < -0.3 is 4.74 Å². The van der Waals surface area contributed by atoms with Crippen LogP contribution in [0.2, 0.25) is 0 Å². The summed E-state index contributed by atoms with van der Waals surface area (Å²) in [7, 11) is 0. The molecule has 2 aromatic carbocycles. The summed E-state index contributed by atoms with van der Waals surface area (Å²) < 4.78 is 6.00. The molecule has 1 aromatic heterocycles. The van der Waals surface area contributed by atoms with Crippen molar-refractivity contribution < 1.29 is 9.53 Å². The number of rotatable bonds is 5. The highest BCUT2D eigenvalue weighted by Gasteiger charge is 2.20. The normalized spacial score (nSPS) is 14.2. The van der Waals surface area contributed by atoms with Crippen LogP contribution >= 0.6 is 11.3 Å². The SMILES string of the molecule is Cc1ccc(-c2nnc(NC(=O)C(C)Oc3cccc4c3CCCC4)s2)cc1. The van der Waals surface area contributed by atoms with E-state index in [1.807, 2.05) is 43.3 Å². The molecule has 0 saturated heterocycles. The number of carbonyl (C=O) groups excluding carboxylic acids is 1. The molecule has 4 rings (SSSR count). The van der Waals surface area contributed by atoms with Crippen molar-refractivity contribution in [2.24, 2.45) is 0 Å². The molecule has 0 bridgehead atoms. The van der Waals surface area contributed by atoms with Crippen LogP contribution in [0.5, 0.6) is 5.75 Å². The molecule has 0 saturated carbocycles. The maximum atomic E-state index is 12.6. The number of hydrogen-bond donors (Lipinski definition) is 1. The molecule has 1 amide bonds. The van der Waals surface area contributed by atoms with Gasteiger partial charge in [0.1, 0.15) is 10.8 Å². The van der Waals surface area contributed by atoms with Crippen molar-refractivity contribution in [3.8, 4) is 16.3 Å². The van der Waals surface area contributed by atoms with Crippen LogP contribution in [0.25, 0.3) is 10.6 Å². The van der Waals surface area contributed by atoms with Crippen molar-refractivity contribution in [2.75, 3.05) is 5.32 Å². The van der Waals surface area contributed by atoms with Crippen molar-refractivity contribution in [1.29, 1.82) is 0 Å². The minimum Gasteiger partial charge on any atom is -0.481 e. The van der Waals surface area contributed by atoms with Crippen LogP contribution in [-0.2, 0) is 17.6 Å². The Labute approximate surface area is 168 Å². The highest BCUT2D eigenvalue weighted by atomic mass is 32.1. The Morgan fingerprint density at radius 1 is 1.11 bits per heavy atom. The van der Waals surface area contributed by atoms with E-state index in [4.69, 9.17) is 4.74 Å². The number of aromatic nitrogens is 2. The van der Waals surface area contributed by atoms with E-state index in [-0.39, 0.29) is 5.91 Å². The van der Waals surface area contributed by atoms with Gasteiger partial charge in [-0.25, -0.2) is 0 Å². The van der Waals surface area contributed by atoms with E-state index in [1.54, 1.807) is 6.92 Å². The first-order valence-electron chi connectivity index (χ1n) is 9.59. The molecule has 0 fully saturated rings. The average Bonchev–Trinajstić information content (AvgIpc) is 3.17. The van der Waals surface area contributed by atoms with Gasteiger partial charge in [0, 0.05) is 5.56 Å². The first kappa shape index (κ1) is 18.6. The van der Waals surface area contributed by atoms with Gasteiger partial charge in [0.25, 0.3) is 5.91 Å². The van der Waals surface area contributed by atoms with E-state index < -0.39 is 6.10 Å². The summed E-state index contributed by atoms with van der Waals surface area (Å²) in [5, 5.41) is 12.4. The lowest BCUT2D eigenvalue weighted by Gasteiger charge is -2.21. The number of fused-ring (bicyclic) bond motifs is 1. The van der Waals surface area contributed by atoms with Crippen LogP contribution in [-0.4, -0.2) is 22.2 Å². The van der Waals surface area contributed by atoms with Gasteiger partial charge >= 0.3 is 0 Å². The fraction of sp³-hybridized carbons (Fsp3) is 0.318. The lowest BCUT2D eigenvalue weighted by atomic mass is 9.91. The van der Waals surface area contributed by atoms with Crippen molar-refractivity contribution in [3.63, 3.8) is 0 Å². The first-order chi connectivity index (χ1) is 13.6. The summed E-state index contributed by atoms with van der Waals surface area (Å²) in [5.74, 6) is 0.595. The number of aryl methyl sites for hydroxylation is 2. The van der Waals surface area contributed by atoms with Gasteiger partial charge in [-0.05, 0) is 56.7 Å². The van der Waals surface area contributed by atoms with Gasteiger partial charge in [-0.2, -0.15) is 0 Å². The second-order valence-electron chi connectivity index (χ2n) is 7.13. The molecule has 1 heterocycles. The summed E-state index contributed by atoms with van der Waals surface area (Å²) in [6, 6.07) is 14.2. The molecule has 0 aliphatic heterocycles. The Balaban J connectivity index is 1.42. The summed E-state index contributed by atoms with van der Waals surface area (Å²) in [6.45, 7) is 3.81. The van der Waals surface area contributed by atoms with Crippen LogP contribution in [0.3, 0.4) is 0 Å². The van der Waals surface area contributed by atoms with Crippen molar-refractivity contribution in [2.45, 2.75) is 45.6 Å². The molecule has 0 radical (unpaired) electrons. The smallest absolute Gasteiger partial charge is 0.266 e. The number of anilines is 1. The molecule has 3 aromatic rings. The Morgan fingerprint density at radius 2 is 1.89 bits per heavy atom. The Kier molecular flexibility index (Phi) is 5.39. The maximum Gasteiger partial charge on any atom is 0.266 e. The third-order valence-electron chi connectivity index (χ3n) is 4.98. The van der Waals surface area contributed by atoms with Crippen LogP contribution in [0.4, 0.5) is 5.13 Å². The molecule has 5 nitrogen and oxygen atoms in total. The van der Waals surface area contributed by atoms with E-state index in [0.29, 0.717) is 5.13 Å². The number of carbonyl (C=O) groups is 1. The fourth-order valence-corrected chi connectivity index (χ4v) is 4.15. The van der Waals surface area contributed by atoms with Crippen molar-refractivity contribution in [3.05, 3.63) is 59.2 Å². The fourth-order valence-electron chi connectivity index (χ4n) is 3.39. The van der Waals surface area contributed by atoms with Crippen molar-refractivity contribution >= 4 is 22.4 Å². The molecule has 1 atom stereocenters. The van der Waals surface area contributed by atoms with Crippen molar-refractivity contribution in [1.82, 2.24) is 10.2 Å². The van der Waals surface area contributed by atoms with E-state index in [1.165, 1.54) is 40.9 Å². The number of nitrogens with one attached hydrogen (secondary N) is 1. The minimum atomic E-state index is -0.611. The molecule has 1 aliphatic carbocycles. The van der Waals surface area contributed by atoms with Gasteiger partial charge in [-0.3, -0.25) is 10.1 Å². The number of amides is 1. The molecule has 144 valence electrons. The zero-order chi connectivity index (χ0) is 19.5. The topological polar surface area (TPSA) is 64.1 Å². The zero-order valence-corrected chi connectivity index (χ0v) is 16.9. The number of hydrogen-bond acceptors (Lipinski definition) is 5. The second-order valence-corrected chi connectivity index (χ2v) is 8.11. The largest absolute Gasteiger partial charge is 0.481 e. The van der Waals surface area contributed by atoms with Crippen LogP contribution in [0.1, 0.15) is 36.5 Å². The Hall–Kier alpha value is -2.73. The molecular weight excluding hydrogens is 370 g/mol. The maximum absolute atomic E-state index is 12.6. The first-order valence-corrected chi connectivity index (χ1v) is 10.4. The lowest BCUT2D eigenvalue weighted by molar-refractivity contribution is -0.122. The minimum absolute atomic E-state index is 0.222. The third kappa shape index (κ3) is 4.07. The van der Waals surface area contributed by atoms with Crippen LogP contribution in [0.15, 0.2) is 42.5 Å². The predicted octanol–water partition coefficient (Wildman–Crippen LogP) is 4.80. The number of benzene rings is 2. The van der Waals surface area contributed by atoms with Gasteiger partial charge in [0.2, 0.25) is 5.13 Å². The molecule has 1 unspecified atom stereocenters. The van der Waals surface area contributed by atoms with E-state index in [9.17, 15) is 4.79 Å². The Bertz CT molecular complexity index is 982. The van der Waals surface area contributed by atoms with E-state index in [2.05, 4.69) is 21.6 Å². The highest BCUT2D eigenvalue weighted by Crippen LogP contribution is 2.30. The van der Waals surface area contributed by atoms with Gasteiger partial charge in [0.15, 0.2) is 6.10 Å². The molecule has 1 N–H and O–H groups in total. The summed E-state index contributed by atoms with van der Waals surface area (Å²) in [5.41, 5.74) is 4.76. The summed E-state index contributed by atoms with van der Waals surface area (Å²) >= 11 is 1.36. The second kappa shape index (κ2) is 8.10. The molecule has 0 spiro atoms. The van der Waals surface area contributed by atoms with Gasteiger partial charge in [-0.15, -0.1) is 10.2 Å². The zero-order valence-electron chi connectivity index (χ0n) is 16.1. The average molecular weight is 394 g/mol. The summed E-state index contributed by atoms with van der Waals surface area (Å²) in [6.07, 6.45) is 3.86. The predicted molar refractivity (Wildman–Crippen MR) is 112 cm³/mol. The van der Waals surface area contributed by atoms with Gasteiger partial charge in [0.05, 0.1) is 0 Å². The molecular formula is C22H23N3O2S. The molecule has 6 heteroatoms. The number of nitrogens with zero attached hydrogens (tertiary/aromatic N) is 2. The number of ether oxygens (including phenoxy) is 1. The van der Waals surface area contributed by atoms with Crippen LogP contribution in [0, 0.1) is 6.92 Å². The monoisotopic (exact) mass is 393 g/mol. The standard InChI is InChI=1S/C22H23N3O2S/c1-14-10-12-17(13-11-14)21-24-25-22(28-21)23-20(26)15(2)27-19-9-5-7-16-6-3-4-8-18(16)19/h5,7,9-13,15H,3-4,6,8H2,1-2H3,(H,23,25,26). The van der Waals surface area contributed by atoms with Gasteiger partial charge in [-0.1, -0.05) is 53.3 Å². The third-order valence-corrected chi connectivity index (χ3v) is 5.87. The van der Waals surface area contributed by atoms with E-state index >= 15 is 0 Å². The van der Waals surface area contributed by atoms with E-state index in [0.717, 1.165) is 29.2 Å². The molecule has 1 aliphatic rings. The summed E-state index contributed by atoms with van der Waals surface area (Å²) in [4.78, 5) is 12.6. The highest BCUT2D eigenvalue weighted by molar-refractivity contribution is 7.18. The lowest BCUT2D eigenvalue weighted by Crippen LogP contribution is -2.30. The quantitative estimate of drug-likeness (QED) is 0.676. The molecule has 28 heavy (non-hydrogen) atoms. The van der Waals surface area contributed by atoms with Crippen LogP contribution < -0.4 is 10.1 Å². The Morgan fingerprint density at radius 3 is 2.71 bits per heavy atom.